The number of hydrogen-bond acceptors (Lipinski definition) is 2. The normalized spacial score (nSPS) is 17.2. The molecule has 1 aromatic heterocycles. The third-order valence-corrected chi connectivity index (χ3v) is 3.00. The Hall–Kier alpha value is -1.52. The fraction of sp³-hybridized carbons (Fsp3) is 0.545. The number of hydrogen-bond donors (Lipinski definition) is 1. The molecule has 0 amide bonds. The van der Waals surface area contributed by atoms with E-state index in [2.05, 4.69) is 4.98 Å². The molecule has 0 aliphatic carbocycles. The Balaban J connectivity index is 3.45. The minimum absolute atomic E-state index is 0.00268. The van der Waals surface area contributed by atoms with Gasteiger partial charge in [-0.25, -0.2) is 0 Å². The van der Waals surface area contributed by atoms with Gasteiger partial charge in [0.1, 0.15) is 0 Å². The van der Waals surface area contributed by atoms with E-state index >= 15 is 0 Å². The van der Waals surface area contributed by atoms with Crippen LogP contribution in [0, 0.1) is 0 Å². The van der Waals surface area contributed by atoms with Crippen LogP contribution in [0.1, 0.15) is 12.5 Å². The third kappa shape index (κ3) is 2.40. The molecule has 1 heterocycles. The van der Waals surface area contributed by atoms with Crippen LogP contribution in [0.25, 0.3) is 0 Å². The zero-order valence-electron chi connectivity index (χ0n) is 10.6. The number of rotatable bonds is 4. The predicted molar refractivity (Wildman–Crippen MR) is 54.7 cm³/mol. The molecular weight excluding hydrogens is 333 g/mol. The first kappa shape index (κ1) is 18.5. The van der Waals surface area contributed by atoms with Crippen LogP contribution < -0.4 is 0 Å². The van der Waals surface area contributed by atoms with Crippen LogP contribution in [0.4, 0.5) is 39.5 Å². The van der Waals surface area contributed by atoms with Crippen molar-refractivity contribution in [1.29, 1.82) is 0 Å². The molecule has 11 heteroatoms. The van der Waals surface area contributed by atoms with E-state index < -0.39 is 35.1 Å². The zero-order valence-corrected chi connectivity index (χ0v) is 10.6. The Labute approximate surface area is 117 Å². The van der Waals surface area contributed by atoms with Crippen LogP contribution in [0.2, 0.25) is 0 Å². The van der Waals surface area contributed by atoms with E-state index in [-0.39, 0.29) is 6.92 Å². The highest BCUT2D eigenvalue weighted by molar-refractivity contribution is 5.24. The molecule has 126 valence electrons. The SMILES string of the molecule is CC(O)(c1ccncc1)C(F)(F)C(F)(F)C(F)(F)C(F)(F)F. The molecule has 0 spiro atoms. The van der Waals surface area contributed by atoms with Gasteiger partial charge in [-0.2, -0.15) is 39.5 Å². The molecule has 1 N–H and O–H groups in total. The lowest BCUT2D eigenvalue weighted by Crippen LogP contribution is -2.66. The van der Waals surface area contributed by atoms with Gasteiger partial charge in [0.25, 0.3) is 0 Å². The van der Waals surface area contributed by atoms with Crippen molar-refractivity contribution < 1.29 is 44.6 Å². The molecule has 0 aliphatic rings. The summed E-state index contributed by atoms with van der Waals surface area (Å²) in [6.45, 7) is 0.00268. The molecular formula is C11H8F9NO. The van der Waals surface area contributed by atoms with Gasteiger partial charge in [-0.05, 0) is 24.6 Å². The Bertz CT molecular complexity index is 524. The second kappa shape index (κ2) is 5.00. The molecule has 1 unspecified atom stereocenters. The maximum absolute atomic E-state index is 13.7. The van der Waals surface area contributed by atoms with Crippen molar-refractivity contribution in [3.05, 3.63) is 30.1 Å². The zero-order chi connectivity index (χ0) is 17.6. The number of alkyl halides is 9. The minimum atomic E-state index is -7.06. The Morgan fingerprint density at radius 3 is 1.55 bits per heavy atom. The highest BCUT2D eigenvalue weighted by Gasteiger charge is 2.85. The molecule has 0 bridgehead atoms. The summed E-state index contributed by atoms with van der Waals surface area (Å²) < 4.78 is 115. The van der Waals surface area contributed by atoms with Gasteiger partial charge in [-0.15, -0.1) is 0 Å². The smallest absolute Gasteiger partial charge is 0.379 e. The molecule has 1 atom stereocenters. The van der Waals surface area contributed by atoms with Crippen LogP contribution in [0.3, 0.4) is 0 Å². The summed E-state index contributed by atoms with van der Waals surface area (Å²) in [7, 11) is 0. The van der Waals surface area contributed by atoms with Gasteiger partial charge in [0.2, 0.25) is 0 Å². The van der Waals surface area contributed by atoms with E-state index in [1.165, 1.54) is 0 Å². The molecule has 0 aromatic carbocycles. The summed E-state index contributed by atoms with van der Waals surface area (Å²) in [5.41, 5.74) is -5.01. The summed E-state index contributed by atoms with van der Waals surface area (Å²) in [5, 5.41) is 9.52. The average Bonchev–Trinajstić information content (AvgIpc) is 2.37. The Morgan fingerprint density at radius 1 is 0.773 bits per heavy atom. The summed E-state index contributed by atoms with van der Waals surface area (Å²) in [5.74, 6) is -20.1. The first-order valence-corrected chi connectivity index (χ1v) is 5.43. The van der Waals surface area contributed by atoms with Crippen molar-refractivity contribution >= 4 is 0 Å². The lowest BCUT2D eigenvalue weighted by Gasteiger charge is -2.40. The van der Waals surface area contributed by atoms with Crippen LogP contribution in [0.15, 0.2) is 24.5 Å². The van der Waals surface area contributed by atoms with Gasteiger partial charge in [0.05, 0.1) is 0 Å². The molecule has 0 radical (unpaired) electrons. The van der Waals surface area contributed by atoms with Gasteiger partial charge in [-0.3, -0.25) is 4.98 Å². The van der Waals surface area contributed by atoms with E-state index in [4.69, 9.17) is 0 Å². The molecule has 0 saturated carbocycles. The maximum Gasteiger partial charge on any atom is 0.460 e. The van der Waals surface area contributed by atoms with Gasteiger partial charge in [0.15, 0.2) is 5.60 Å². The molecule has 0 aliphatic heterocycles. The van der Waals surface area contributed by atoms with Gasteiger partial charge in [-0.1, -0.05) is 0 Å². The average molecular weight is 341 g/mol. The highest BCUT2D eigenvalue weighted by atomic mass is 19.4. The van der Waals surface area contributed by atoms with E-state index in [1.807, 2.05) is 0 Å². The van der Waals surface area contributed by atoms with Crippen LogP contribution >= 0.6 is 0 Å². The van der Waals surface area contributed by atoms with Crippen molar-refractivity contribution in [3.8, 4) is 0 Å². The maximum atomic E-state index is 13.7. The summed E-state index contributed by atoms with van der Waals surface area (Å²) in [6.07, 6.45) is -5.41. The van der Waals surface area contributed by atoms with E-state index in [9.17, 15) is 44.6 Å². The second-order valence-electron chi connectivity index (χ2n) is 4.53. The third-order valence-electron chi connectivity index (χ3n) is 3.00. The van der Waals surface area contributed by atoms with Crippen molar-refractivity contribution in [2.24, 2.45) is 0 Å². The largest absolute Gasteiger partial charge is 0.460 e. The molecule has 2 nitrogen and oxygen atoms in total. The standard InChI is InChI=1S/C11H8F9NO/c1-7(22,6-2-4-21-5-3-6)8(12,13)9(14,15)10(16,17)11(18,19)20/h2-5,22H,1H3. The van der Waals surface area contributed by atoms with Crippen LogP contribution in [0.5, 0.6) is 0 Å². The fourth-order valence-corrected chi connectivity index (χ4v) is 1.54. The molecule has 22 heavy (non-hydrogen) atoms. The lowest BCUT2D eigenvalue weighted by atomic mass is 9.84. The van der Waals surface area contributed by atoms with Gasteiger partial charge >= 0.3 is 23.9 Å². The summed E-state index contributed by atoms with van der Waals surface area (Å²) in [4.78, 5) is 3.32. The lowest BCUT2D eigenvalue weighted by molar-refractivity contribution is -0.417. The van der Waals surface area contributed by atoms with Crippen molar-refractivity contribution in [1.82, 2.24) is 4.98 Å². The number of halogens is 9. The van der Waals surface area contributed by atoms with E-state index in [1.54, 1.807) is 0 Å². The summed E-state index contributed by atoms with van der Waals surface area (Å²) in [6, 6.07) is 1.16. The minimum Gasteiger partial charge on any atom is -0.379 e. The topological polar surface area (TPSA) is 33.1 Å². The molecule has 1 rings (SSSR count). The number of nitrogens with zero attached hydrogens (tertiary/aromatic N) is 1. The number of aromatic nitrogens is 1. The first-order chi connectivity index (χ1) is 9.61. The quantitative estimate of drug-likeness (QED) is 0.846. The van der Waals surface area contributed by atoms with Crippen LogP contribution in [-0.4, -0.2) is 34.0 Å². The second-order valence-corrected chi connectivity index (χ2v) is 4.53. The first-order valence-electron chi connectivity index (χ1n) is 5.43. The molecule has 0 saturated heterocycles. The van der Waals surface area contributed by atoms with Crippen molar-refractivity contribution in [2.45, 2.75) is 36.5 Å². The molecule has 0 fully saturated rings. The van der Waals surface area contributed by atoms with Crippen molar-refractivity contribution in [2.75, 3.05) is 0 Å². The molecule has 1 aromatic rings. The highest BCUT2D eigenvalue weighted by Crippen LogP contribution is 2.57. The Morgan fingerprint density at radius 2 is 1.18 bits per heavy atom. The number of aliphatic hydroxyl groups is 1. The fourth-order valence-electron chi connectivity index (χ4n) is 1.54. The summed E-state index contributed by atoms with van der Waals surface area (Å²) >= 11 is 0. The van der Waals surface area contributed by atoms with Crippen molar-refractivity contribution in [3.63, 3.8) is 0 Å². The van der Waals surface area contributed by atoms with Gasteiger partial charge < -0.3 is 5.11 Å². The van der Waals surface area contributed by atoms with Gasteiger partial charge in [0, 0.05) is 12.4 Å². The number of pyridine rings is 1. The predicted octanol–water partition coefficient (Wildman–Crippen LogP) is 3.76. The Kier molecular flexibility index (Phi) is 4.21. The van der Waals surface area contributed by atoms with E-state index in [0.29, 0.717) is 12.1 Å². The van der Waals surface area contributed by atoms with Crippen LogP contribution in [-0.2, 0) is 5.60 Å². The van der Waals surface area contributed by atoms with E-state index in [0.717, 1.165) is 12.4 Å². The monoisotopic (exact) mass is 341 g/mol.